The first-order chi connectivity index (χ1) is 9.19. The Kier molecular flexibility index (Phi) is 4.61. The molecule has 0 radical (unpaired) electrons. The molecular formula is C15H20ClN3. The number of aryl methyl sites for hydroxylation is 1. The van der Waals surface area contributed by atoms with Gasteiger partial charge in [-0.05, 0) is 43.7 Å². The fourth-order valence-electron chi connectivity index (χ4n) is 2.39. The van der Waals surface area contributed by atoms with E-state index < -0.39 is 0 Å². The highest BCUT2D eigenvalue weighted by Gasteiger charge is 2.18. The minimum absolute atomic E-state index is 0.118. The molecule has 1 atom stereocenters. The molecule has 1 aromatic carbocycles. The zero-order valence-corrected chi connectivity index (χ0v) is 12.4. The van der Waals surface area contributed by atoms with Crippen LogP contribution in [0.4, 0.5) is 0 Å². The average molecular weight is 278 g/mol. The smallest absolute Gasteiger partial charge is 0.0748 e. The predicted octanol–water partition coefficient (Wildman–Crippen LogP) is 3.56. The van der Waals surface area contributed by atoms with E-state index in [1.165, 1.54) is 11.3 Å². The molecule has 1 unspecified atom stereocenters. The highest BCUT2D eigenvalue weighted by molar-refractivity contribution is 6.31. The van der Waals surface area contributed by atoms with Gasteiger partial charge in [0.05, 0.1) is 11.7 Å². The topological polar surface area (TPSA) is 29.9 Å². The summed E-state index contributed by atoms with van der Waals surface area (Å²) in [6.07, 6.45) is 2.93. The van der Waals surface area contributed by atoms with Gasteiger partial charge in [0.15, 0.2) is 0 Å². The standard InChI is InChI=1S/C15H20ClN3/c1-4-10-19-14(8-9-18-19)15(17-3)12-6-5-7-13(16)11(12)2/h5-9,15,17H,4,10H2,1-3H3. The van der Waals surface area contributed by atoms with Crippen LogP contribution in [0.5, 0.6) is 0 Å². The molecule has 4 heteroatoms. The van der Waals surface area contributed by atoms with E-state index in [2.05, 4.69) is 41.1 Å². The van der Waals surface area contributed by atoms with E-state index in [-0.39, 0.29) is 6.04 Å². The second-order valence-electron chi connectivity index (χ2n) is 4.65. The van der Waals surface area contributed by atoms with Gasteiger partial charge < -0.3 is 5.32 Å². The Morgan fingerprint density at radius 3 is 2.84 bits per heavy atom. The van der Waals surface area contributed by atoms with E-state index >= 15 is 0 Å². The molecule has 0 fully saturated rings. The molecule has 19 heavy (non-hydrogen) atoms. The minimum atomic E-state index is 0.118. The van der Waals surface area contributed by atoms with Crippen LogP contribution in [0.3, 0.4) is 0 Å². The molecular weight excluding hydrogens is 258 g/mol. The maximum atomic E-state index is 6.23. The first-order valence-electron chi connectivity index (χ1n) is 6.63. The van der Waals surface area contributed by atoms with Gasteiger partial charge in [-0.25, -0.2) is 0 Å². The number of aromatic nitrogens is 2. The number of nitrogens with one attached hydrogen (secondary N) is 1. The van der Waals surface area contributed by atoms with E-state index in [9.17, 15) is 0 Å². The molecule has 2 aromatic rings. The molecule has 0 bridgehead atoms. The fraction of sp³-hybridized carbons (Fsp3) is 0.400. The Labute approximate surface area is 119 Å². The largest absolute Gasteiger partial charge is 0.308 e. The molecule has 0 amide bonds. The van der Waals surface area contributed by atoms with Gasteiger partial charge in [-0.2, -0.15) is 5.10 Å². The second kappa shape index (κ2) is 6.22. The molecule has 102 valence electrons. The lowest BCUT2D eigenvalue weighted by molar-refractivity contribution is 0.534. The second-order valence-corrected chi connectivity index (χ2v) is 5.06. The summed E-state index contributed by atoms with van der Waals surface area (Å²) >= 11 is 6.23. The number of benzene rings is 1. The third kappa shape index (κ3) is 2.82. The van der Waals surface area contributed by atoms with Crippen molar-refractivity contribution in [2.45, 2.75) is 32.9 Å². The lowest BCUT2D eigenvalue weighted by Crippen LogP contribution is -2.22. The van der Waals surface area contributed by atoms with E-state index in [1.54, 1.807) is 0 Å². The molecule has 3 nitrogen and oxygen atoms in total. The summed E-state index contributed by atoms with van der Waals surface area (Å²) in [7, 11) is 1.97. The van der Waals surface area contributed by atoms with Crippen LogP contribution in [0.2, 0.25) is 5.02 Å². The molecule has 0 aliphatic rings. The fourth-order valence-corrected chi connectivity index (χ4v) is 2.57. The summed E-state index contributed by atoms with van der Waals surface area (Å²) in [5.74, 6) is 0. The zero-order valence-electron chi connectivity index (χ0n) is 11.7. The number of halogens is 1. The average Bonchev–Trinajstić information content (AvgIpc) is 2.84. The molecule has 1 N–H and O–H groups in total. The highest BCUT2D eigenvalue weighted by atomic mass is 35.5. The normalized spacial score (nSPS) is 12.6. The van der Waals surface area contributed by atoms with Gasteiger partial charge >= 0.3 is 0 Å². The van der Waals surface area contributed by atoms with E-state index in [4.69, 9.17) is 11.6 Å². The molecule has 0 aliphatic carbocycles. The van der Waals surface area contributed by atoms with E-state index in [0.717, 1.165) is 23.6 Å². The molecule has 2 rings (SSSR count). The van der Waals surface area contributed by atoms with E-state index in [1.807, 2.05) is 25.4 Å². The lowest BCUT2D eigenvalue weighted by Gasteiger charge is -2.20. The minimum Gasteiger partial charge on any atom is -0.308 e. The van der Waals surface area contributed by atoms with Crippen LogP contribution in [0, 0.1) is 6.92 Å². The summed E-state index contributed by atoms with van der Waals surface area (Å²) in [6.45, 7) is 5.15. The summed E-state index contributed by atoms with van der Waals surface area (Å²) < 4.78 is 2.06. The highest BCUT2D eigenvalue weighted by Crippen LogP contribution is 2.28. The van der Waals surface area contributed by atoms with Crippen LogP contribution in [0.1, 0.15) is 36.2 Å². The SMILES string of the molecule is CCCn1nccc1C(NC)c1cccc(Cl)c1C. The molecule has 0 spiro atoms. The van der Waals surface area contributed by atoms with Gasteiger partial charge in [0.1, 0.15) is 0 Å². The summed E-state index contributed by atoms with van der Waals surface area (Å²) in [5.41, 5.74) is 3.50. The molecule has 0 aliphatic heterocycles. The summed E-state index contributed by atoms with van der Waals surface area (Å²) in [4.78, 5) is 0. The van der Waals surface area contributed by atoms with Gasteiger partial charge in [0.2, 0.25) is 0 Å². The number of hydrogen-bond donors (Lipinski definition) is 1. The summed E-state index contributed by atoms with van der Waals surface area (Å²) in [6, 6.07) is 8.22. The van der Waals surface area contributed by atoms with Crippen molar-refractivity contribution in [2.24, 2.45) is 0 Å². The Morgan fingerprint density at radius 2 is 2.16 bits per heavy atom. The lowest BCUT2D eigenvalue weighted by atomic mass is 9.98. The van der Waals surface area contributed by atoms with Crippen LogP contribution < -0.4 is 5.32 Å². The monoisotopic (exact) mass is 277 g/mol. The van der Waals surface area contributed by atoms with Gasteiger partial charge in [0.25, 0.3) is 0 Å². The summed E-state index contributed by atoms with van der Waals surface area (Å²) in [5, 5.41) is 8.57. The Balaban J connectivity index is 2.44. The number of nitrogens with zero attached hydrogens (tertiary/aromatic N) is 2. The Morgan fingerprint density at radius 1 is 1.37 bits per heavy atom. The van der Waals surface area contributed by atoms with Gasteiger partial charge in [0, 0.05) is 17.8 Å². The van der Waals surface area contributed by atoms with Crippen molar-refractivity contribution in [3.05, 3.63) is 52.3 Å². The van der Waals surface area contributed by atoms with Crippen molar-refractivity contribution in [2.75, 3.05) is 7.05 Å². The van der Waals surface area contributed by atoms with Gasteiger partial charge in [-0.15, -0.1) is 0 Å². The molecule has 1 heterocycles. The first kappa shape index (κ1) is 14.1. The van der Waals surface area contributed by atoms with Crippen LogP contribution in [-0.4, -0.2) is 16.8 Å². The van der Waals surface area contributed by atoms with Crippen LogP contribution in [-0.2, 0) is 6.54 Å². The number of hydrogen-bond acceptors (Lipinski definition) is 2. The third-order valence-corrected chi connectivity index (χ3v) is 3.80. The Hall–Kier alpha value is -1.32. The van der Waals surface area contributed by atoms with Crippen molar-refractivity contribution in [3.8, 4) is 0 Å². The van der Waals surface area contributed by atoms with Crippen LogP contribution in [0.25, 0.3) is 0 Å². The zero-order chi connectivity index (χ0) is 13.8. The molecule has 0 saturated heterocycles. The van der Waals surface area contributed by atoms with Crippen molar-refractivity contribution in [1.29, 1.82) is 0 Å². The van der Waals surface area contributed by atoms with Crippen LogP contribution >= 0.6 is 11.6 Å². The predicted molar refractivity (Wildman–Crippen MR) is 79.6 cm³/mol. The molecule has 0 saturated carbocycles. The Bertz CT molecular complexity index is 548. The maximum Gasteiger partial charge on any atom is 0.0748 e. The van der Waals surface area contributed by atoms with Crippen molar-refractivity contribution < 1.29 is 0 Å². The van der Waals surface area contributed by atoms with Crippen LogP contribution in [0.15, 0.2) is 30.5 Å². The molecule has 1 aromatic heterocycles. The van der Waals surface area contributed by atoms with Crippen molar-refractivity contribution in [3.63, 3.8) is 0 Å². The quantitative estimate of drug-likeness (QED) is 0.906. The van der Waals surface area contributed by atoms with Gasteiger partial charge in [-0.1, -0.05) is 30.7 Å². The van der Waals surface area contributed by atoms with Crippen molar-refractivity contribution >= 4 is 11.6 Å². The first-order valence-corrected chi connectivity index (χ1v) is 7.00. The van der Waals surface area contributed by atoms with Gasteiger partial charge in [-0.3, -0.25) is 4.68 Å². The third-order valence-electron chi connectivity index (χ3n) is 3.39. The van der Waals surface area contributed by atoms with Crippen molar-refractivity contribution in [1.82, 2.24) is 15.1 Å². The van der Waals surface area contributed by atoms with E-state index in [0.29, 0.717) is 0 Å². The number of rotatable bonds is 5. The maximum absolute atomic E-state index is 6.23.